The molecule has 0 aliphatic carbocycles. The monoisotopic (exact) mass is 289 g/mol. The first-order chi connectivity index (χ1) is 8.61. The van der Waals surface area contributed by atoms with E-state index >= 15 is 0 Å². The highest BCUT2D eigenvalue weighted by Crippen LogP contribution is 2.19. The molecular weight excluding hydrogens is 277 g/mol. The zero-order valence-electron chi connectivity index (χ0n) is 9.90. The van der Waals surface area contributed by atoms with Crippen LogP contribution in [-0.2, 0) is 4.74 Å². The fourth-order valence-corrected chi connectivity index (χ4v) is 2.14. The predicted molar refractivity (Wildman–Crippen MR) is 68.0 cm³/mol. The molecule has 0 N–H and O–H groups in total. The van der Waals surface area contributed by atoms with Crippen molar-refractivity contribution >= 4 is 29.1 Å². The molecule has 1 aromatic heterocycles. The molecule has 2 rings (SSSR count). The van der Waals surface area contributed by atoms with Crippen LogP contribution in [-0.4, -0.2) is 46.8 Å². The summed E-state index contributed by atoms with van der Waals surface area (Å²) >= 11 is 11.6. The molecule has 2 heterocycles. The van der Waals surface area contributed by atoms with Crippen molar-refractivity contribution in [2.45, 2.75) is 19.4 Å². The molecule has 18 heavy (non-hydrogen) atoms. The van der Waals surface area contributed by atoms with Crippen molar-refractivity contribution in [2.75, 3.05) is 19.7 Å². The standard InChI is InChI=1S/C11H13Cl2N3O2/c1-2-7-6-16(3-4-18-7)11(17)8-5-9(12)14-15-10(8)13/h5,7H,2-4,6H2,1H3. The van der Waals surface area contributed by atoms with E-state index in [0.29, 0.717) is 19.7 Å². The molecule has 1 atom stereocenters. The third-order valence-electron chi connectivity index (χ3n) is 2.83. The van der Waals surface area contributed by atoms with Gasteiger partial charge in [0.1, 0.15) is 0 Å². The van der Waals surface area contributed by atoms with E-state index in [4.69, 9.17) is 27.9 Å². The minimum atomic E-state index is -0.182. The van der Waals surface area contributed by atoms with Crippen LogP contribution >= 0.6 is 23.2 Å². The van der Waals surface area contributed by atoms with Gasteiger partial charge in [-0.05, 0) is 12.5 Å². The summed E-state index contributed by atoms with van der Waals surface area (Å²) in [6, 6.07) is 1.44. The van der Waals surface area contributed by atoms with Crippen molar-refractivity contribution in [3.8, 4) is 0 Å². The van der Waals surface area contributed by atoms with Crippen LogP contribution in [0.4, 0.5) is 0 Å². The van der Waals surface area contributed by atoms with Crippen molar-refractivity contribution in [3.05, 3.63) is 21.9 Å². The maximum atomic E-state index is 12.3. The molecule has 1 unspecified atom stereocenters. The number of hydrogen-bond acceptors (Lipinski definition) is 4. The second-order valence-corrected chi connectivity index (χ2v) is 4.77. The Labute approximate surface area is 115 Å². The van der Waals surface area contributed by atoms with E-state index in [1.54, 1.807) is 4.90 Å². The van der Waals surface area contributed by atoms with Gasteiger partial charge in [0.25, 0.3) is 5.91 Å². The molecule has 0 spiro atoms. The van der Waals surface area contributed by atoms with Crippen LogP contribution in [0.25, 0.3) is 0 Å². The number of carbonyl (C=O) groups is 1. The number of morpholine rings is 1. The topological polar surface area (TPSA) is 55.3 Å². The van der Waals surface area contributed by atoms with Crippen LogP contribution in [0, 0.1) is 0 Å². The highest BCUT2D eigenvalue weighted by molar-refractivity contribution is 6.34. The number of halogens is 2. The summed E-state index contributed by atoms with van der Waals surface area (Å²) in [4.78, 5) is 14.0. The van der Waals surface area contributed by atoms with Gasteiger partial charge in [-0.25, -0.2) is 0 Å². The molecule has 0 bridgehead atoms. The summed E-state index contributed by atoms with van der Waals surface area (Å²) in [7, 11) is 0. The maximum Gasteiger partial charge on any atom is 0.257 e. The molecule has 1 fully saturated rings. The highest BCUT2D eigenvalue weighted by Gasteiger charge is 2.26. The molecule has 0 saturated carbocycles. The molecule has 98 valence electrons. The van der Waals surface area contributed by atoms with E-state index < -0.39 is 0 Å². The maximum absolute atomic E-state index is 12.3. The van der Waals surface area contributed by atoms with Crippen LogP contribution in [0.15, 0.2) is 6.07 Å². The summed E-state index contributed by atoms with van der Waals surface area (Å²) in [5.41, 5.74) is 0.286. The van der Waals surface area contributed by atoms with Gasteiger partial charge in [-0.3, -0.25) is 4.79 Å². The zero-order chi connectivity index (χ0) is 13.1. The Morgan fingerprint density at radius 2 is 2.33 bits per heavy atom. The molecule has 1 aliphatic heterocycles. The number of nitrogens with zero attached hydrogens (tertiary/aromatic N) is 3. The van der Waals surface area contributed by atoms with Gasteiger partial charge in [-0.15, -0.1) is 10.2 Å². The lowest BCUT2D eigenvalue weighted by Crippen LogP contribution is -2.45. The first-order valence-corrected chi connectivity index (χ1v) is 6.47. The summed E-state index contributed by atoms with van der Waals surface area (Å²) in [6.45, 7) is 3.67. The average molecular weight is 290 g/mol. The molecular formula is C11H13Cl2N3O2. The highest BCUT2D eigenvalue weighted by atomic mass is 35.5. The number of carbonyl (C=O) groups excluding carboxylic acids is 1. The van der Waals surface area contributed by atoms with Gasteiger partial charge < -0.3 is 9.64 Å². The van der Waals surface area contributed by atoms with E-state index in [1.807, 2.05) is 6.92 Å². The van der Waals surface area contributed by atoms with Crippen LogP contribution < -0.4 is 0 Å². The van der Waals surface area contributed by atoms with E-state index in [2.05, 4.69) is 10.2 Å². The first-order valence-electron chi connectivity index (χ1n) is 5.71. The SMILES string of the molecule is CCC1CN(C(=O)c2cc(Cl)nnc2Cl)CCO1. The molecule has 0 radical (unpaired) electrons. The van der Waals surface area contributed by atoms with Gasteiger partial charge in [0.15, 0.2) is 10.3 Å². The Morgan fingerprint density at radius 3 is 3.06 bits per heavy atom. The summed E-state index contributed by atoms with van der Waals surface area (Å²) in [5, 5.41) is 7.45. The van der Waals surface area contributed by atoms with E-state index in [0.717, 1.165) is 6.42 Å². The lowest BCUT2D eigenvalue weighted by atomic mass is 10.2. The van der Waals surface area contributed by atoms with Crippen molar-refractivity contribution in [2.24, 2.45) is 0 Å². The molecule has 1 amide bonds. The Morgan fingerprint density at radius 1 is 1.56 bits per heavy atom. The minimum Gasteiger partial charge on any atom is -0.375 e. The van der Waals surface area contributed by atoms with Gasteiger partial charge in [-0.2, -0.15) is 0 Å². The van der Waals surface area contributed by atoms with Gasteiger partial charge in [0, 0.05) is 13.1 Å². The molecule has 1 aromatic rings. The van der Waals surface area contributed by atoms with Crippen LogP contribution in [0.5, 0.6) is 0 Å². The van der Waals surface area contributed by atoms with Crippen molar-refractivity contribution < 1.29 is 9.53 Å². The summed E-state index contributed by atoms with van der Waals surface area (Å²) < 4.78 is 5.52. The van der Waals surface area contributed by atoms with Crippen molar-refractivity contribution in [1.29, 1.82) is 0 Å². The van der Waals surface area contributed by atoms with Crippen LogP contribution in [0.1, 0.15) is 23.7 Å². The smallest absolute Gasteiger partial charge is 0.257 e. The van der Waals surface area contributed by atoms with Gasteiger partial charge >= 0.3 is 0 Å². The summed E-state index contributed by atoms with van der Waals surface area (Å²) in [5.74, 6) is -0.182. The first kappa shape index (κ1) is 13.5. The van der Waals surface area contributed by atoms with E-state index in [9.17, 15) is 4.79 Å². The Hall–Kier alpha value is -0.910. The van der Waals surface area contributed by atoms with Gasteiger partial charge in [0.2, 0.25) is 0 Å². The average Bonchev–Trinajstić information content (AvgIpc) is 2.41. The van der Waals surface area contributed by atoms with Crippen LogP contribution in [0.3, 0.4) is 0 Å². The third-order valence-corrected chi connectivity index (χ3v) is 3.29. The quantitative estimate of drug-likeness (QED) is 0.836. The molecule has 5 nitrogen and oxygen atoms in total. The second-order valence-electron chi connectivity index (χ2n) is 4.02. The van der Waals surface area contributed by atoms with E-state index in [-0.39, 0.29) is 27.9 Å². The van der Waals surface area contributed by atoms with Crippen molar-refractivity contribution in [1.82, 2.24) is 15.1 Å². The normalized spacial score (nSPS) is 19.9. The minimum absolute atomic E-state index is 0.0731. The Kier molecular flexibility index (Phi) is 4.37. The zero-order valence-corrected chi connectivity index (χ0v) is 11.4. The number of rotatable bonds is 2. The molecule has 7 heteroatoms. The molecule has 0 aromatic carbocycles. The number of hydrogen-bond donors (Lipinski definition) is 0. The lowest BCUT2D eigenvalue weighted by molar-refractivity contribution is -0.0226. The Balaban J connectivity index is 2.17. The van der Waals surface area contributed by atoms with Gasteiger partial charge in [-0.1, -0.05) is 30.1 Å². The predicted octanol–water partition coefficient (Wildman–Crippen LogP) is 2.03. The van der Waals surface area contributed by atoms with Gasteiger partial charge in [0.05, 0.1) is 18.3 Å². The molecule has 1 saturated heterocycles. The molecule has 1 aliphatic rings. The van der Waals surface area contributed by atoms with E-state index in [1.165, 1.54) is 6.07 Å². The lowest BCUT2D eigenvalue weighted by Gasteiger charge is -2.32. The fraction of sp³-hybridized carbons (Fsp3) is 0.545. The number of aromatic nitrogens is 2. The second kappa shape index (κ2) is 5.82. The Bertz CT molecular complexity index is 456. The fourth-order valence-electron chi connectivity index (χ4n) is 1.82. The van der Waals surface area contributed by atoms with Crippen LogP contribution in [0.2, 0.25) is 10.3 Å². The van der Waals surface area contributed by atoms with Crippen molar-refractivity contribution in [3.63, 3.8) is 0 Å². The largest absolute Gasteiger partial charge is 0.375 e. The third kappa shape index (κ3) is 2.91. The number of amides is 1. The number of ether oxygens (including phenoxy) is 1. The summed E-state index contributed by atoms with van der Waals surface area (Å²) in [6.07, 6.45) is 0.944.